The van der Waals surface area contributed by atoms with Gasteiger partial charge in [-0.3, -0.25) is 4.79 Å². The van der Waals surface area contributed by atoms with Crippen molar-refractivity contribution >= 4 is 17.3 Å². The van der Waals surface area contributed by atoms with Crippen molar-refractivity contribution in [3.8, 4) is 0 Å². The molecule has 6 heteroatoms. The van der Waals surface area contributed by atoms with Crippen molar-refractivity contribution in [2.24, 2.45) is 11.0 Å². The first-order valence-corrected chi connectivity index (χ1v) is 8.44. The van der Waals surface area contributed by atoms with E-state index in [4.69, 9.17) is 0 Å². The Labute approximate surface area is 137 Å². The zero-order valence-electron chi connectivity index (χ0n) is 13.3. The molecule has 0 saturated carbocycles. The summed E-state index contributed by atoms with van der Waals surface area (Å²) in [4.78, 5) is 11.8. The number of hydrogen-bond donors (Lipinski definition) is 4. The Kier molecular flexibility index (Phi) is 5.60. The molecular weight excluding hydrogens is 290 g/mol. The molecule has 0 aliphatic carbocycles. The molecule has 0 bridgehead atoms. The fourth-order valence-electron chi connectivity index (χ4n) is 3.20. The minimum Gasteiger partial charge on any atom is -0.384 e. The highest BCUT2D eigenvalue weighted by molar-refractivity contribution is 5.98. The van der Waals surface area contributed by atoms with Crippen LogP contribution < -0.4 is 21.4 Å². The van der Waals surface area contributed by atoms with Crippen molar-refractivity contribution in [2.75, 3.05) is 31.5 Å². The molecule has 2 aliphatic rings. The molecule has 4 N–H and O–H groups in total. The molecule has 0 aromatic heterocycles. The molecule has 23 heavy (non-hydrogen) atoms. The maximum Gasteiger partial charge on any atom is 0.245 e. The predicted octanol–water partition coefficient (Wildman–Crippen LogP) is 0.932. The van der Waals surface area contributed by atoms with E-state index < -0.39 is 0 Å². The number of benzene rings is 1. The zero-order valence-corrected chi connectivity index (χ0v) is 13.3. The average Bonchev–Trinajstić information content (AvgIpc) is 2.61. The van der Waals surface area contributed by atoms with Gasteiger partial charge < -0.3 is 16.0 Å². The Balaban J connectivity index is 1.36. The van der Waals surface area contributed by atoms with Gasteiger partial charge in [-0.2, -0.15) is 5.10 Å². The van der Waals surface area contributed by atoms with Gasteiger partial charge in [-0.05, 0) is 31.5 Å². The second-order valence-corrected chi connectivity index (χ2v) is 6.05. The van der Waals surface area contributed by atoms with Crippen LogP contribution in [0.3, 0.4) is 0 Å². The van der Waals surface area contributed by atoms with E-state index in [9.17, 15) is 4.79 Å². The van der Waals surface area contributed by atoms with E-state index in [1.807, 2.05) is 18.2 Å². The minimum atomic E-state index is 0.0518. The first-order chi connectivity index (χ1) is 11.3. The Morgan fingerprint density at radius 2 is 2.04 bits per heavy atom. The molecule has 2 atom stereocenters. The van der Waals surface area contributed by atoms with Gasteiger partial charge >= 0.3 is 0 Å². The van der Waals surface area contributed by atoms with Crippen LogP contribution in [-0.2, 0) is 4.79 Å². The molecule has 1 amide bonds. The van der Waals surface area contributed by atoms with Gasteiger partial charge in [0.2, 0.25) is 5.91 Å². The van der Waals surface area contributed by atoms with E-state index in [0.717, 1.165) is 56.8 Å². The minimum absolute atomic E-state index is 0.0518. The van der Waals surface area contributed by atoms with Gasteiger partial charge in [-0.1, -0.05) is 18.2 Å². The number of fused-ring (bicyclic) bond motifs is 1. The number of nitrogens with one attached hydrogen (secondary N) is 4. The molecule has 2 aliphatic heterocycles. The lowest BCUT2D eigenvalue weighted by atomic mass is 9.85. The van der Waals surface area contributed by atoms with E-state index in [2.05, 4.69) is 38.6 Å². The number of carbonyl (C=O) groups is 1. The SMILES string of the molecule is O=C1NN=C(CCNCCNc2ccccc2)C2NCCCC12. The van der Waals surface area contributed by atoms with Crippen LogP contribution in [0.25, 0.3) is 0 Å². The van der Waals surface area contributed by atoms with Crippen LogP contribution in [0.15, 0.2) is 35.4 Å². The van der Waals surface area contributed by atoms with Crippen molar-refractivity contribution in [3.05, 3.63) is 30.3 Å². The van der Waals surface area contributed by atoms with Gasteiger partial charge in [-0.25, -0.2) is 5.43 Å². The summed E-state index contributed by atoms with van der Waals surface area (Å²) in [5.74, 6) is 0.113. The lowest BCUT2D eigenvalue weighted by molar-refractivity contribution is -0.126. The van der Waals surface area contributed by atoms with Crippen molar-refractivity contribution in [3.63, 3.8) is 0 Å². The lowest BCUT2D eigenvalue weighted by Gasteiger charge is -2.35. The monoisotopic (exact) mass is 315 g/mol. The number of hydrogen-bond acceptors (Lipinski definition) is 5. The van der Waals surface area contributed by atoms with Gasteiger partial charge in [0, 0.05) is 31.7 Å². The first kappa shape index (κ1) is 16.0. The number of rotatable bonds is 7. The van der Waals surface area contributed by atoms with Crippen LogP contribution >= 0.6 is 0 Å². The summed E-state index contributed by atoms with van der Waals surface area (Å²) >= 11 is 0. The van der Waals surface area contributed by atoms with Crippen molar-refractivity contribution in [1.29, 1.82) is 0 Å². The molecular formula is C17H25N5O. The van der Waals surface area contributed by atoms with E-state index in [0.29, 0.717) is 0 Å². The summed E-state index contributed by atoms with van der Waals surface area (Å²) < 4.78 is 0. The smallest absolute Gasteiger partial charge is 0.245 e. The summed E-state index contributed by atoms with van der Waals surface area (Å²) in [7, 11) is 0. The van der Waals surface area contributed by atoms with Crippen LogP contribution in [0.1, 0.15) is 19.3 Å². The Morgan fingerprint density at radius 3 is 2.91 bits per heavy atom. The number of nitrogens with zero attached hydrogens (tertiary/aromatic N) is 1. The average molecular weight is 315 g/mol. The molecule has 0 radical (unpaired) electrons. The Bertz CT molecular complexity index is 545. The highest BCUT2D eigenvalue weighted by Crippen LogP contribution is 2.21. The standard InChI is InChI=1S/C17H25N5O/c23-17-14-7-4-9-20-16(14)15(21-22-17)8-10-18-11-12-19-13-5-2-1-3-6-13/h1-3,5-6,14,16,18-20H,4,7-12H2,(H,22,23). The van der Waals surface area contributed by atoms with Gasteiger partial charge in [0.25, 0.3) is 0 Å². The number of para-hydroxylation sites is 1. The lowest BCUT2D eigenvalue weighted by Crippen LogP contribution is -2.55. The highest BCUT2D eigenvalue weighted by Gasteiger charge is 2.36. The van der Waals surface area contributed by atoms with Crippen molar-refractivity contribution < 1.29 is 4.79 Å². The Morgan fingerprint density at radius 1 is 1.17 bits per heavy atom. The first-order valence-electron chi connectivity index (χ1n) is 8.44. The number of piperidine rings is 1. The molecule has 1 fully saturated rings. The van der Waals surface area contributed by atoms with Crippen LogP contribution in [0.2, 0.25) is 0 Å². The second kappa shape index (κ2) is 8.08. The van der Waals surface area contributed by atoms with Gasteiger partial charge in [0.15, 0.2) is 0 Å². The second-order valence-electron chi connectivity index (χ2n) is 6.05. The third kappa shape index (κ3) is 4.30. The quantitative estimate of drug-likeness (QED) is 0.565. The molecule has 124 valence electrons. The van der Waals surface area contributed by atoms with Crippen LogP contribution in [-0.4, -0.2) is 43.8 Å². The topological polar surface area (TPSA) is 77.5 Å². The maximum absolute atomic E-state index is 11.8. The molecule has 2 heterocycles. The van der Waals surface area contributed by atoms with Crippen molar-refractivity contribution in [2.45, 2.75) is 25.3 Å². The van der Waals surface area contributed by atoms with Crippen molar-refractivity contribution in [1.82, 2.24) is 16.1 Å². The van der Waals surface area contributed by atoms with Gasteiger partial charge in [0.05, 0.1) is 17.7 Å². The van der Waals surface area contributed by atoms with Crippen LogP contribution in [0, 0.1) is 5.92 Å². The third-order valence-corrected chi connectivity index (χ3v) is 4.43. The number of amides is 1. The van der Waals surface area contributed by atoms with E-state index in [1.165, 1.54) is 0 Å². The fourth-order valence-corrected chi connectivity index (χ4v) is 3.20. The normalized spacial score (nSPS) is 23.7. The molecule has 3 rings (SSSR count). The zero-order chi connectivity index (χ0) is 15.9. The molecule has 0 spiro atoms. The van der Waals surface area contributed by atoms with Gasteiger partial charge in [-0.15, -0.1) is 0 Å². The Hall–Kier alpha value is -1.92. The third-order valence-electron chi connectivity index (χ3n) is 4.43. The number of carbonyl (C=O) groups excluding carboxylic acids is 1. The summed E-state index contributed by atoms with van der Waals surface area (Å²) in [5, 5.41) is 14.5. The van der Waals surface area contributed by atoms with E-state index in [-0.39, 0.29) is 17.9 Å². The predicted molar refractivity (Wildman–Crippen MR) is 92.5 cm³/mol. The summed E-state index contributed by atoms with van der Waals surface area (Å²) in [6.07, 6.45) is 2.88. The summed E-state index contributed by atoms with van der Waals surface area (Å²) in [5.41, 5.74) is 4.88. The van der Waals surface area contributed by atoms with E-state index >= 15 is 0 Å². The van der Waals surface area contributed by atoms with E-state index in [1.54, 1.807) is 0 Å². The molecule has 6 nitrogen and oxygen atoms in total. The van der Waals surface area contributed by atoms with Crippen LogP contribution in [0.4, 0.5) is 5.69 Å². The molecule has 1 aromatic carbocycles. The summed E-state index contributed by atoms with van der Waals surface area (Å²) in [6.45, 7) is 3.63. The van der Waals surface area contributed by atoms with Crippen LogP contribution in [0.5, 0.6) is 0 Å². The largest absolute Gasteiger partial charge is 0.384 e. The van der Waals surface area contributed by atoms with Gasteiger partial charge in [0.1, 0.15) is 0 Å². The highest BCUT2D eigenvalue weighted by atomic mass is 16.2. The molecule has 1 saturated heterocycles. The number of anilines is 1. The maximum atomic E-state index is 11.8. The summed E-state index contributed by atoms with van der Waals surface area (Å²) in [6, 6.07) is 10.3. The molecule has 2 unspecified atom stereocenters. The number of hydrazone groups is 1. The molecule has 1 aromatic rings. The fraction of sp³-hybridized carbons (Fsp3) is 0.529.